The van der Waals surface area contributed by atoms with Gasteiger partial charge in [0, 0.05) is 22.4 Å². The summed E-state index contributed by atoms with van der Waals surface area (Å²) in [5.74, 6) is 1.14. The highest BCUT2D eigenvalue weighted by atomic mass is 35.5. The Hall–Kier alpha value is -1.54. The lowest BCUT2D eigenvalue weighted by Crippen LogP contribution is -2.41. The summed E-state index contributed by atoms with van der Waals surface area (Å²) in [6.45, 7) is 2.94. The standard InChI is InChI=1S/C28H39ClN2O4S/c1-35-20-7-8-24-22(17-20)27(23(29)19-30-24)25(32)9-10-28(18-26(33)34)11-14-31(15-12-28)13-4-16-36-21-5-2-3-6-21/h7-8,17,19,21,25,32H,2-6,9-16,18H2,1H3,(H,33,34)/t25-/m0/s1. The minimum absolute atomic E-state index is 0.143. The van der Waals surface area contributed by atoms with Crippen LogP contribution in [0.4, 0.5) is 0 Å². The molecule has 6 nitrogen and oxygen atoms in total. The number of pyridine rings is 1. The van der Waals surface area contributed by atoms with Crippen LogP contribution in [0.5, 0.6) is 5.75 Å². The van der Waals surface area contributed by atoms with Crippen molar-refractivity contribution >= 4 is 40.2 Å². The van der Waals surface area contributed by atoms with Crippen LogP contribution in [0.2, 0.25) is 5.02 Å². The number of aliphatic hydroxyl groups excluding tert-OH is 1. The van der Waals surface area contributed by atoms with Gasteiger partial charge < -0.3 is 19.8 Å². The summed E-state index contributed by atoms with van der Waals surface area (Å²) in [7, 11) is 1.60. The Morgan fingerprint density at radius 1 is 1.31 bits per heavy atom. The third-order valence-corrected chi connectivity index (χ3v) is 9.84. The Labute approximate surface area is 223 Å². The Balaban J connectivity index is 1.35. The van der Waals surface area contributed by atoms with Crippen molar-refractivity contribution < 1.29 is 19.7 Å². The number of hydrogen-bond acceptors (Lipinski definition) is 6. The highest BCUT2D eigenvalue weighted by Gasteiger charge is 2.37. The summed E-state index contributed by atoms with van der Waals surface area (Å²) >= 11 is 8.63. The molecule has 2 aliphatic rings. The highest BCUT2D eigenvalue weighted by Crippen LogP contribution is 2.43. The third kappa shape index (κ3) is 7.06. The molecule has 2 N–H and O–H groups in total. The van der Waals surface area contributed by atoms with E-state index in [4.69, 9.17) is 16.3 Å². The molecule has 1 aromatic heterocycles. The molecule has 1 atom stereocenters. The zero-order valence-corrected chi connectivity index (χ0v) is 22.8. The van der Waals surface area contributed by atoms with Crippen molar-refractivity contribution in [1.29, 1.82) is 0 Å². The molecule has 0 unspecified atom stereocenters. The molecule has 0 radical (unpaired) electrons. The number of aromatic nitrogens is 1. The number of aliphatic carboxylic acids is 1. The first-order valence-electron chi connectivity index (χ1n) is 13.3. The minimum Gasteiger partial charge on any atom is -0.497 e. The van der Waals surface area contributed by atoms with Crippen molar-refractivity contribution in [3.05, 3.63) is 35.0 Å². The van der Waals surface area contributed by atoms with E-state index in [1.165, 1.54) is 37.9 Å². The molecular weight excluding hydrogens is 496 g/mol. The second kappa shape index (κ2) is 12.8. The smallest absolute Gasteiger partial charge is 0.303 e. The molecule has 1 saturated carbocycles. The van der Waals surface area contributed by atoms with E-state index in [9.17, 15) is 15.0 Å². The zero-order chi connectivity index (χ0) is 25.5. The predicted octanol–water partition coefficient (Wildman–Crippen LogP) is 6.33. The molecule has 2 fully saturated rings. The van der Waals surface area contributed by atoms with Gasteiger partial charge in [0.15, 0.2) is 0 Å². The van der Waals surface area contributed by atoms with Crippen LogP contribution in [-0.4, -0.2) is 63.8 Å². The summed E-state index contributed by atoms with van der Waals surface area (Å²) in [6, 6.07) is 5.54. The Bertz CT molecular complexity index is 1020. The molecule has 4 rings (SSSR count). The number of methoxy groups -OCH3 is 1. The maximum absolute atomic E-state index is 11.8. The number of carbonyl (C=O) groups is 1. The van der Waals surface area contributed by atoms with Crippen LogP contribution in [0.3, 0.4) is 0 Å². The maximum atomic E-state index is 11.8. The number of fused-ring (bicyclic) bond motifs is 1. The zero-order valence-electron chi connectivity index (χ0n) is 21.3. The van der Waals surface area contributed by atoms with Crippen LogP contribution in [0.15, 0.2) is 24.4 Å². The maximum Gasteiger partial charge on any atom is 0.303 e. The fraction of sp³-hybridized carbons (Fsp3) is 0.643. The summed E-state index contributed by atoms with van der Waals surface area (Å²) in [5, 5.41) is 22.9. The summed E-state index contributed by atoms with van der Waals surface area (Å²) in [5.41, 5.74) is 1.09. The number of piperidine rings is 1. The molecule has 2 heterocycles. The van der Waals surface area contributed by atoms with Gasteiger partial charge in [-0.3, -0.25) is 9.78 Å². The monoisotopic (exact) mass is 534 g/mol. The van der Waals surface area contributed by atoms with Gasteiger partial charge in [0.25, 0.3) is 0 Å². The molecule has 1 aliphatic heterocycles. The number of benzene rings is 1. The minimum atomic E-state index is -0.800. The first-order chi connectivity index (χ1) is 17.4. The lowest BCUT2D eigenvalue weighted by molar-refractivity contribution is -0.141. The number of thioether (sulfide) groups is 1. The average molecular weight is 535 g/mol. The summed E-state index contributed by atoms with van der Waals surface area (Å²) in [4.78, 5) is 18.7. The summed E-state index contributed by atoms with van der Waals surface area (Å²) < 4.78 is 5.36. The number of aliphatic hydroxyl groups is 1. The average Bonchev–Trinajstić information content (AvgIpc) is 3.39. The topological polar surface area (TPSA) is 82.9 Å². The van der Waals surface area contributed by atoms with Crippen molar-refractivity contribution in [2.24, 2.45) is 5.41 Å². The second-order valence-corrected chi connectivity index (χ2v) is 12.3. The molecule has 198 valence electrons. The predicted molar refractivity (Wildman–Crippen MR) is 147 cm³/mol. The molecule has 1 saturated heterocycles. The fourth-order valence-electron chi connectivity index (χ4n) is 5.90. The molecule has 1 aliphatic carbocycles. The van der Waals surface area contributed by atoms with Gasteiger partial charge in [0.1, 0.15) is 5.75 Å². The molecule has 36 heavy (non-hydrogen) atoms. The molecule has 8 heteroatoms. The fourth-order valence-corrected chi connectivity index (χ4v) is 7.47. The van der Waals surface area contributed by atoms with Gasteiger partial charge in [-0.05, 0) is 93.9 Å². The number of carboxylic acids is 1. The van der Waals surface area contributed by atoms with E-state index in [-0.39, 0.29) is 11.8 Å². The largest absolute Gasteiger partial charge is 0.497 e. The van der Waals surface area contributed by atoms with E-state index in [1.807, 2.05) is 18.2 Å². The van der Waals surface area contributed by atoms with Gasteiger partial charge in [-0.15, -0.1) is 0 Å². The SMILES string of the molecule is COc1ccc2ncc(Cl)c([C@@H](O)CCC3(CC(=O)O)CCN(CCCSC4CCCC4)CC3)c2c1. The van der Waals surface area contributed by atoms with Gasteiger partial charge in [0.2, 0.25) is 0 Å². The molecule has 2 aromatic rings. The number of likely N-dealkylation sites (tertiary alicyclic amines) is 1. The third-order valence-electron chi connectivity index (χ3n) is 8.07. The van der Waals surface area contributed by atoms with E-state index < -0.39 is 12.1 Å². The molecule has 0 bridgehead atoms. The van der Waals surface area contributed by atoms with Gasteiger partial charge >= 0.3 is 5.97 Å². The number of nitrogens with zero attached hydrogens (tertiary/aromatic N) is 2. The molecule has 0 spiro atoms. The van der Waals surface area contributed by atoms with Crippen molar-refractivity contribution in [2.45, 2.75) is 75.6 Å². The van der Waals surface area contributed by atoms with Crippen LogP contribution in [0.25, 0.3) is 10.9 Å². The Kier molecular flexibility index (Phi) is 9.78. The van der Waals surface area contributed by atoms with Gasteiger partial charge in [-0.2, -0.15) is 11.8 Å². The van der Waals surface area contributed by atoms with E-state index in [2.05, 4.69) is 21.6 Å². The van der Waals surface area contributed by atoms with Crippen LogP contribution < -0.4 is 4.74 Å². The van der Waals surface area contributed by atoms with Gasteiger partial charge in [-0.1, -0.05) is 24.4 Å². The number of hydrogen-bond donors (Lipinski definition) is 2. The van der Waals surface area contributed by atoms with E-state index in [1.54, 1.807) is 13.3 Å². The number of carboxylic acid groups (broad SMARTS) is 1. The number of rotatable bonds is 12. The molecule has 1 aromatic carbocycles. The van der Waals surface area contributed by atoms with Crippen LogP contribution >= 0.6 is 23.4 Å². The van der Waals surface area contributed by atoms with E-state index in [0.29, 0.717) is 29.2 Å². The van der Waals surface area contributed by atoms with Crippen LogP contribution in [0, 0.1) is 5.41 Å². The Morgan fingerprint density at radius 3 is 2.75 bits per heavy atom. The molecule has 0 amide bonds. The van der Waals surface area contributed by atoms with Crippen molar-refractivity contribution in [2.75, 3.05) is 32.5 Å². The quantitative estimate of drug-likeness (QED) is 0.308. The van der Waals surface area contributed by atoms with Crippen LogP contribution in [0.1, 0.15) is 75.9 Å². The van der Waals surface area contributed by atoms with Crippen molar-refractivity contribution in [1.82, 2.24) is 9.88 Å². The highest BCUT2D eigenvalue weighted by molar-refractivity contribution is 7.99. The van der Waals surface area contributed by atoms with Crippen molar-refractivity contribution in [3.8, 4) is 5.75 Å². The van der Waals surface area contributed by atoms with Gasteiger partial charge in [-0.25, -0.2) is 0 Å². The lowest BCUT2D eigenvalue weighted by atomic mass is 9.71. The normalized spacial score (nSPS) is 19.5. The second-order valence-electron chi connectivity index (χ2n) is 10.5. The first-order valence-corrected chi connectivity index (χ1v) is 14.7. The Morgan fingerprint density at radius 2 is 2.06 bits per heavy atom. The van der Waals surface area contributed by atoms with Crippen molar-refractivity contribution in [3.63, 3.8) is 0 Å². The lowest BCUT2D eigenvalue weighted by Gasteiger charge is -2.41. The van der Waals surface area contributed by atoms with Gasteiger partial charge in [0.05, 0.1) is 30.2 Å². The first kappa shape index (κ1) is 27.5. The number of ether oxygens (including phenoxy) is 1. The van der Waals surface area contributed by atoms with E-state index in [0.717, 1.165) is 48.6 Å². The summed E-state index contributed by atoms with van der Waals surface area (Å²) in [6.07, 6.45) is 10.5. The van der Waals surface area contributed by atoms with Crippen LogP contribution in [-0.2, 0) is 4.79 Å². The molecular formula is C28H39ClN2O4S. The number of halogens is 1. The van der Waals surface area contributed by atoms with E-state index >= 15 is 0 Å².